The monoisotopic (exact) mass is 311 g/mol. The normalized spacial score (nSPS) is 10.2. The van der Waals surface area contributed by atoms with E-state index in [1.807, 2.05) is 16.8 Å². The van der Waals surface area contributed by atoms with E-state index in [2.05, 4.69) is 25.6 Å². The second-order valence-electron chi connectivity index (χ2n) is 4.41. The fraction of sp³-hybridized carbons (Fsp3) is 0.0667. The molecule has 110 valence electrons. The summed E-state index contributed by atoms with van der Waals surface area (Å²) in [6, 6.07) is 5.20. The van der Waals surface area contributed by atoms with Crippen molar-refractivity contribution in [2.45, 2.75) is 6.54 Å². The minimum absolute atomic E-state index is 0.297. The molecule has 0 aromatic carbocycles. The summed E-state index contributed by atoms with van der Waals surface area (Å²) in [6.45, 7) is 0.297. The van der Waals surface area contributed by atoms with Gasteiger partial charge in [0.2, 0.25) is 0 Å². The molecular formula is C15H13N5OS. The molecule has 0 bridgehead atoms. The maximum absolute atomic E-state index is 11.9. The number of anilines is 1. The number of nitrogens with zero attached hydrogens (tertiary/aromatic N) is 3. The summed E-state index contributed by atoms with van der Waals surface area (Å²) in [7, 11) is 0. The van der Waals surface area contributed by atoms with Crippen LogP contribution in [-0.2, 0) is 6.54 Å². The van der Waals surface area contributed by atoms with Gasteiger partial charge >= 0.3 is 6.03 Å². The summed E-state index contributed by atoms with van der Waals surface area (Å²) >= 11 is 1.59. The lowest BCUT2D eigenvalue weighted by atomic mass is 10.2. The summed E-state index contributed by atoms with van der Waals surface area (Å²) < 4.78 is 0. The van der Waals surface area contributed by atoms with Gasteiger partial charge in [0.1, 0.15) is 0 Å². The molecule has 3 aromatic rings. The zero-order chi connectivity index (χ0) is 15.2. The molecule has 0 atom stereocenters. The minimum Gasteiger partial charge on any atom is -0.332 e. The van der Waals surface area contributed by atoms with Gasteiger partial charge in [-0.3, -0.25) is 15.0 Å². The molecular weight excluding hydrogens is 298 g/mol. The van der Waals surface area contributed by atoms with Gasteiger partial charge in [0, 0.05) is 29.5 Å². The third-order valence-electron chi connectivity index (χ3n) is 2.90. The molecule has 0 spiro atoms. The Bertz CT molecular complexity index is 746. The smallest absolute Gasteiger partial charge is 0.319 e. The average molecular weight is 311 g/mol. The van der Waals surface area contributed by atoms with Gasteiger partial charge in [-0.1, -0.05) is 0 Å². The van der Waals surface area contributed by atoms with E-state index < -0.39 is 0 Å². The lowest BCUT2D eigenvalue weighted by Gasteiger charge is -2.09. The van der Waals surface area contributed by atoms with Gasteiger partial charge in [-0.15, -0.1) is 0 Å². The van der Waals surface area contributed by atoms with Crippen LogP contribution in [-0.4, -0.2) is 21.0 Å². The number of amides is 2. The van der Waals surface area contributed by atoms with Gasteiger partial charge in [-0.25, -0.2) is 4.79 Å². The Balaban J connectivity index is 1.66. The summed E-state index contributed by atoms with van der Waals surface area (Å²) in [4.78, 5) is 24.5. The van der Waals surface area contributed by atoms with Crippen LogP contribution in [0.15, 0.2) is 53.7 Å². The first-order valence-electron chi connectivity index (χ1n) is 6.60. The molecule has 7 heteroatoms. The number of hydrogen-bond donors (Lipinski definition) is 2. The molecule has 3 heterocycles. The number of carbonyl (C=O) groups excluding carboxylic acids is 1. The topological polar surface area (TPSA) is 79.8 Å². The average Bonchev–Trinajstić information content (AvgIpc) is 3.08. The number of aromatic nitrogens is 3. The van der Waals surface area contributed by atoms with Crippen LogP contribution in [0.25, 0.3) is 11.3 Å². The molecule has 0 fully saturated rings. The largest absolute Gasteiger partial charge is 0.332 e. The molecule has 2 amide bonds. The highest BCUT2D eigenvalue weighted by atomic mass is 32.1. The van der Waals surface area contributed by atoms with Crippen molar-refractivity contribution < 1.29 is 4.79 Å². The highest BCUT2D eigenvalue weighted by molar-refractivity contribution is 7.08. The van der Waals surface area contributed by atoms with Crippen LogP contribution in [0.2, 0.25) is 0 Å². The van der Waals surface area contributed by atoms with E-state index in [0.29, 0.717) is 12.2 Å². The summed E-state index contributed by atoms with van der Waals surface area (Å²) in [5, 5.41) is 9.47. The standard InChI is InChI=1S/C15H13N5OS/c21-15(20-12-2-1-4-16-8-12)19-9-13-14(18-6-5-17-13)11-3-7-22-10-11/h1-8,10H,9H2,(H2,19,20,21). The van der Waals surface area contributed by atoms with Crippen molar-refractivity contribution in [3.63, 3.8) is 0 Å². The van der Waals surface area contributed by atoms with Gasteiger partial charge in [0.15, 0.2) is 0 Å². The molecule has 22 heavy (non-hydrogen) atoms. The Labute approximate surface area is 131 Å². The van der Waals surface area contributed by atoms with Crippen molar-refractivity contribution in [2.24, 2.45) is 0 Å². The Morgan fingerprint density at radius 3 is 2.86 bits per heavy atom. The molecule has 3 rings (SSSR count). The summed E-state index contributed by atoms with van der Waals surface area (Å²) in [5.41, 5.74) is 3.15. The lowest BCUT2D eigenvalue weighted by Crippen LogP contribution is -2.28. The van der Waals surface area contributed by atoms with Crippen molar-refractivity contribution in [2.75, 3.05) is 5.32 Å². The van der Waals surface area contributed by atoms with Crippen molar-refractivity contribution in [1.82, 2.24) is 20.3 Å². The highest BCUT2D eigenvalue weighted by Gasteiger charge is 2.09. The first kappa shape index (κ1) is 14.2. The summed E-state index contributed by atoms with van der Waals surface area (Å²) in [5.74, 6) is 0. The highest BCUT2D eigenvalue weighted by Crippen LogP contribution is 2.22. The van der Waals surface area contributed by atoms with E-state index in [-0.39, 0.29) is 6.03 Å². The number of carbonyl (C=O) groups is 1. The zero-order valence-electron chi connectivity index (χ0n) is 11.6. The van der Waals surface area contributed by atoms with Gasteiger partial charge < -0.3 is 10.6 Å². The fourth-order valence-corrected chi connectivity index (χ4v) is 2.55. The molecule has 0 aliphatic carbocycles. The van der Waals surface area contributed by atoms with Crippen LogP contribution in [0.3, 0.4) is 0 Å². The van der Waals surface area contributed by atoms with Crippen molar-refractivity contribution in [3.05, 3.63) is 59.4 Å². The van der Waals surface area contributed by atoms with Crippen LogP contribution in [0.1, 0.15) is 5.69 Å². The van der Waals surface area contributed by atoms with Crippen LogP contribution >= 0.6 is 11.3 Å². The van der Waals surface area contributed by atoms with E-state index in [1.54, 1.807) is 48.3 Å². The van der Waals surface area contributed by atoms with Crippen LogP contribution in [0.5, 0.6) is 0 Å². The Kier molecular flexibility index (Phi) is 4.35. The van der Waals surface area contributed by atoms with Crippen molar-refractivity contribution in [1.29, 1.82) is 0 Å². The molecule has 0 aliphatic heterocycles. The van der Waals surface area contributed by atoms with E-state index in [9.17, 15) is 4.79 Å². The van der Waals surface area contributed by atoms with Gasteiger partial charge in [0.25, 0.3) is 0 Å². The molecule has 0 saturated heterocycles. The number of nitrogens with one attached hydrogen (secondary N) is 2. The SMILES string of the molecule is O=C(NCc1nccnc1-c1ccsc1)Nc1cccnc1. The van der Waals surface area contributed by atoms with Crippen LogP contribution in [0, 0.1) is 0 Å². The Morgan fingerprint density at radius 2 is 2.09 bits per heavy atom. The van der Waals surface area contributed by atoms with E-state index in [1.165, 1.54) is 0 Å². The molecule has 0 saturated carbocycles. The number of urea groups is 1. The second kappa shape index (κ2) is 6.77. The molecule has 0 unspecified atom stereocenters. The zero-order valence-corrected chi connectivity index (χ0v) is 12.4. The number of thiophene rings is 1. The maximum Gasteiger partial charge on any atom is 0.319 e. The molecule has 2 N–H and O–H groups in total. The first-order chi connectivity index (χ1) is 10.8. The Hall–Kier alpha value is -2.80. The number of rotatable bonds is 4. The molecule has 0 radical (unpaired) electrons. The molecule has 0 aliphatic rings. The number of pyridine rings is 1. The van der Waals surface area contributed by atoms with E-state index in [0.717, 1.165) is 17.0 Å². The fourth-order valence-electron chi connectivity index (χ4n) is 1.91. The van der Waals surface area contributed by atoms with Gasteiger partial charge in [-0.05, 0) is 23.6 Å². The quantitative estimate of drug-likeness (QED) is 0.776. The third kappa shape index (κ3) is 3.44. The minimum atomic E-state index is -0.310. The van der Waals surface area contributed by atoms with Gasteiger partial charge in [0.05, 0.1) is 29.8 Å². The van der Waals surface area contributed by atoms with E-state index in [4.69, 9.17) is 0 Å². The summed E-state index contributed by atoms with van der Waals surface area (Å²) in [6.07, 6.45) is 6.49. The molecule has 3 aromatic heterocycles. The maximum atomic E-state index is 11.9. The first-order valence-corrected chi connectivity index (χ1v) is 7.54. The van der Waals surface area contributed by atoms with Crippen LogP contribution in [0.4, 0.5) is 10.5 Å². The Morgan fingerprint density at radius 1 is 1.18 bits per heavy atom. The lowest BCUT2D eigenvalue weighted by molar-refractivity contribution is 0.251. The van der Waals surface area contributed by atoms with Crippen molar-refractivity contribution >= 4 is 23.1 Å². The number of hydrogen-bond acceptors (Lipinski definition) is 5. The van der Waals surface area contributed by atoms with E-state index >= 15 is 0 Å². The molecule has 6 nitrogen and oxygen atoms in total. The van der Waals surface area contributed by atoms with Crippen molar-refractivity contribution in [3.8, 4) is 11.3 Å². The van der Waals surface area contributed by atoms with Crippen LogP contribution < -0.4 is 10.6 Å². The third-order valence-corrected chi connectivity index (χ3v) is 3.59. The van der Waals surface area contributed by atoms with Gasteiger partial charge in [-0.2, -0.15) is 11.3 Å². The second-order valence-corrected chi connectivity index (χ2v) is 5.19. The predicted molar refractivity (Wildman–Crippen MR) is 85.4 cm³/mol. The predicted octanol–water partition coefficient (Wildman–Crippen LogP) is 2.92.